The zero-order valence-electron chi connectivity index (χ0n) is 12.7. The van der Waals surface area contributed by atoms with Gasteiger partial charge < -0.3 is 14.2 Å². The number of hydrazone groups is 1. The van der Waals surface area contributed by atoms with Crippen molar-refractivity contribution in [1.29, 1.82) is 0 Å². The van der Waals surface area contributed by atoms with Gasteiger partial charge in [-0.05, 0) is 25.0 Å². The van der Waals surface area contributed by atoms with Crippen molar-refractivity contribution >= 4 is 18.1 Å². The van der Waals surface area contributed by atoms with Crippen LogP contribution in [0.25, 0.3) is 0 Å². The summed E-state index contributed by atoms with van der Waals surface area (Å²) in [5.41, 5.74) is 3.12. The van der Waals surface area contributed by atoms with Crippen LogP contribution in [0.2, 0.25) is 0 Å². The third-order valence-corrected chi connectivity index (χ3v) is 3.07. The van der Waals surface area contributed by atoms with Crippen LogP contribution >= 0.6 is 0 Å². The van der Waals surface area contributed by atoms with Crippen LogP contribution in [0, 0.1) is 5.92 Å². The monoisotopic (exact) mass is 306 g/mol. The third-order valence-electron chi connectivity index (χ3n) is 3.07. The maximum Gasteiger partial charge on any atom is 0.308 e. The molecule has 0 bridgehead atoms. The number of hydrogen-bond acceptors (Lipinski definition) is 6. The highest BCUT2D eigenvalue weighted by Gasteiger charge is 2.29. The van der Waals surface area contributed by atoms with E-state index in [4.69, 9.17) is 14.2 Å². The molecule has 0 spiro atoms. The number of rotatable bonds is 6. The molecule has 1 aliphatic rings. The minimum Gasteiger partial charge on any atom is -0.493 e. The average molecular weight is 306 g/mol. The van der Waals surface area contributed by atoms with Crippen molar-refractivity contribution in [3.05, 3.63) is 17.7 Å². The highest BCUT2D eigenvalue weighted by Crippen LogP contribution is 2.38. The Hall–Kier alpha value is -2.57. The van der Waals surface area contributed by atoms with E-state index in [-0.39, 0.29) is 17.6 Å². The lowest BCUT2D eigenvalue weighted by atomic mass is 10.2. The molecule has 0 atom stereocenters. The molecule has 1 fully saturated rings. The van der Waals surface area contributed by atoms with Crippen molar-refractivity contribution in [2.45, 2.75) is 19.8 Å². The highest BCUT2D eigenvalue weighted by atomic mass is 16.6. The van der Waals surface area contributed by atoms with Crippen LogP contribution in [0.15, 0.2) is 17.2 Å². The third kappa shape index (κ3) is 3.97. The Balaban J connectivity index is 2.18. The zero-order valence-corrected chi connectivity index (χ0v) is 12.7. The van der Waals surface area contributed by atoms with Crippen LogP contribution in [0.4, 0.5) is 0 Å². The fraction of sp³-hybridized carbons (Fsp3) is 0.400. The molecule has 7 nitrogen and oxygen atoms in total. The zero-order chi connectivity index (χ0) is 16.1. The number of amides is 1. The molecular formula is C15H18N2O5. The number of ether oxygens (including phenoxy) is 3. The molecule has 118 valence electrons. The number of esters is 1. The van der Waals surface area contributed by atoms with Gasteiger partial charge in [-0.15, -0.1) is 0 Å². The number of nitrogens with one attached hydrogen (secondary N) is 1. The number of hydrogen-bond donors (Lipinski definition) is 1. The van der Waals surface area contributed by atoms with Gasteiger partial charge >= 0.3 is 5.97 Å². The standard InChI is InChI=1S/C15H18N2O5/c1-9(18)22-14-12(20-2)6-10(7-13(14)21-3)8-16-17-15(19)11-4-5-11/h6-8,11H,4-5H2,1-3H3,(H,17,19)/b16-8-. The largest absolute Gasteiger partial charge is 0.493 e. The van der Waals surface area contributed by atoms with E-state index in [0.717, 1.165) is 12.8 Å². The predicted molar refractivity (Wildman–Crippen MR) is 79.3 cm³/mol. The molecule has 1 amide bonds. The van der Waals surface area contributed by atoms with Gasteiger partial charge in [0.1, 0.15) is 0 Å². The summed E-state index contributed by atoms with van der Waals surface area (Å²) in [4.78, 5) is 22.6. The Labute approximate surface area is 128 Å². The van der Waals surface area contributed by atoms with E-state index in [1.165, 1.54) is 27.4 Å². The summed E-state index contributed by atoms with van der Waals surface area (Å²) in [6.45, 7) is 1.29. The van der Waals surface area contributed by atoms with E-state index < -0.39 is 5.97 Å². The van der Waals surface area contributed by atoms with E-state index in [2.05, 4.69) is 10.5 Å². The predicted octanol–water partition coefficient (Wildman–Crippen LogP) is 1.49. The molecule has 1 aromatic rings. The van der Waals surface area contributed by atoms with Crippen molar-refractivity contribution in [1.82, 2.24) is 5.43 Å². The Morgan fingerprint density at radius 3 is 2.27 bits per heavy atom. The fourth-order valence-electron chi connectivity index (χ4n) is 1.83. The molecule has 1 aliphatic carbocycles. The van der Waals surface area contributed by atoms with Gasteiger partial charge in [0.25, 0.3) is 0 Å². The smallest absolute Gasteiger partial charge is 0.308 e. The van der Waals surface area contributed by atoms with Gasteiger partial charge in [0.15, 0.2) is 11.5 Å². The first-order valence-electron chi connectivity index (χ1n) is 6.82. The average Bonchev–Trinajstić information content (AvgIpc) is 3.32. The summed E-state index contributed by atoms with van der Waals surface area (Å²) >= 11 is 0. The van der Waals surface area contributed by atoms with Gasteiger partial charge in [0.2, 0.25) is 11.7 Å². The van der Waals surface area contributed by atoms with Crippen LogP contribution < -0.4 is 19.6 Å². The number of benzene rings is 1. The summed E-state index contributed by atoms with van der Waals surface area (Å²) in [7, 11) is 2.91. The molecule has 0 aliphatic heterocycles. The minimum absolute atomic E-state index is 0.0771. The molecule has 1 N–H and O–H groups in total. The lowest BCUT2D eigenvalue weighted by molar-refractivity contribution is -0.132. The minimum atomic E-state index is -0.477. The summed E-state index contributed by atoms with van der Waals surface area (Å²) in [5, 5.41) is 3.90. The summed E-state index contributed by atoms with van der Waals surface area (Å²) in [5.74, 6) is 0.416. The number of methoxy groups -OCH3 is 2. The number of carbonyl (C=O) groups excluding carboxylic acids is 2. The van der Waals surface area contributed by atoms with Gasteiger partial charge in [-0.3, -0.25) is 9.59 Å². The number of carbonyl (C=O) groups is 2. The molecule has 7 heteroatoms. The van der Waals surface area contributed by atoms with Crippen LogP contribution in [0.5, 0.6) is 17.2 Å². The molecule has 22 heavy (non-hydrogen) atoms. The Bertz CT molecular complexity index is 583. The lowest BCUT2D eigenvalue weighted by Crippen LogP contribution is -2.18. The maximum absolute atomic E-state index is 11.5. The molecule has 0 heterocycles. The van der Waals surface area contributed by atoms with Crippen molar-refractivity contribution in [3.8, 4) is 17.2 Å². The van der Waals surface area contributed by atoms with Crippen LogP contribution in [-0.4, -0.2) is 32.3 Å². The SMILES string of the molecule is COc1cc(/C=N\NC(=O)C2CC2)cc(OC)c1OC(C)=O. The van der Waals surface area contributed by atoms with Gasteiger partial charge in [-0.25, -0.2) is 5.43 Å². The van der Waals surface area contributed by atoms with Crippen LogP contribution in [-0.2, 0) is 9.59 Å². The topological polar surface area (TPSA) is 86.2 Å². The second-order valence-electron chi connectivity index (χ2n) is 4.86. The Morgan fingerprint density at radius 1 is 1.23 bits per heavy atom. The van der Waals surface area contributed by atoms with Crippen molar-refractivity contribution in [2.75, 3.05) is 14.2 Å². The molecule has 2 rings (SSSR count). The summed E-state index contributed by atoms with van der Waals surface area (Å²) < 4.78 is 15.5. The molecule has 0 saturated heterocycles. The second-order valence-corrected chi connectivity index (χ2v) is 4.86. The van der Waals surface area contributed by atoms with E-state index in [0.29, 0.717) is 17.1 Å². The fourth-order valence-corrected chi connectivity index (χ4v) is 1.83. The van der Waals surface area contributed by atoms with E-state index in [9.17, 15) is 9.59 Å². The quantitative estimate of drug-likeness (QED) is 0.372. The molecule has 0 aromatic heterocycles. The maximum atomic E-state index is 11.5. The molecule has 1 saturated carbocycles. The lowest BCUT2D eigenvalue weighted by Gasteiger charge is -2.13. The first-order chi connectivity index (χ1) is 10.5. The van der Waals surface area contributed by atoms with E-state index >= 15 is 0 Å². The second kappa shape index (κ2) is 6.93. The number of nitrogens with zero attached hydrogens (tertiary/aromatic N) is 1. The molecule has 0 unspecified atom stereocenters. The highest BCUT2D eigenvalue weighted by molar-refractivity contribution is 5.86. The Morgan fingerprint density at radius 2 is 1.82 bits per heavy atom. The van der Waals surface area contributed by atoms with Crippen molar-refractivity contribution in [3.63, 3.8) is 0 Å². The summed E-state index contributed by atoms with van der Waals surface area (Å²) in [6.07, 6.45) is 3.31. The van der Waals surface area contributed by atoms with Crippen LogP contribution in [0.3, 0.4) is 0 Å². The normalized spacial score (nSPS) is 13.8. The Kier molecular flexibility index (Phi) is 4.98. The molecule has 0 radical (unpaired) electrons. The van der Waals surface area contributed by atoms with Crippen molar-refractivity contribution in [2.24, 2.45) is 11.0 Å². The first kappa shape index (κ1) is 15.8. The van der Waals surface area contributed by atoms with E-state index in [1.54, 1.807) is 12.1 Å². The van der Waals surface area contributed by atoms with Gasteiger partial charge in [-0.1, -0.05) is 0 Å². The summed E-state index contributed by atoms with van der Waals surface area (Å²) in [6, 6.07) is 3.27. The van der Waals surface area contributed by atoms with Crippen LogP contribution in [0.1, 0.15) is 25.3 Å². The van der Waals surface area contributed by atoms with Gasteiger partial charge in [-0.2, -0.15) is 5.10 Å². The van der Waals surface area contributed by atoms with E-state index in [1.807, 2.05) is 0 Å². The van der Waals surface area contributed by atoms with Crippen molar-refractivity contribution < 1.29 is 23.8 Å². The van der Waals surface area contributed by atoms with Gasteiger partial charge in [0.05, 0.1) is 20.4 Å². The molecule has 1 aromatic carbocycles. The molecular weight excluding hydrogens is 288 g/mol. The van der Waals surface area contributed by atoms with Gasteiger partial charge in [0, 0.05) is 18.4 Å². The first-order valence-corrected chi connectivity index (χ1v) is 6.82.